The van der Waals surface area contributed by atoms with Crippen LogP contribution >= 0.6 is 12.2 Å². The van der Waals surface area contributed by atoms with E-state index in [-0.39, 0.29) is 0 Å². The number of ether oxygens (including phenoxy) is 1. The molecule has 0 radical (unpaired) electrons. The van der Waals surface area contributed by atoms with Gasteiger partial charge in [0.15, 0.2) is 0 Å². The van der Waals surface area contributed by atoms with Gasteiger partial charge in [0.1, 0.15) is 16.2 Å². The first kappa shape index (κ1) is 11.8. The first-order chi connectivity index (χ1) is 8.20. The highest BCUT2D eigenvalue weighted by Crippen LogP contribution is 2.27. The summed E-state index contributed by atoms with van der Waals surface area (Å²) in [5.41, 5.74) is 1.93. The number of hydrogen-bond acceptors (Lipinski definition) is 3. The monoisotopic (exact) mass is 246 g/mol. The maximum Gasteiger partial charge on any atom is 0.142 e. The second-order valence-electron chi connectivity index (χ2n) is 3.68. The summed E-state index contributed by atoms with van der Waals surface area (Å²) in [5.74, 6) is 1.57. The van der Waals surface area contributed by atoms with Crippen LogP contribution in [0.15, 0.2) is 30.3 Å². The molecule has 0 bridgehead atoms. The number of nitrogens with zero attached hydrogens (tertiary/aromatic N) is 1. The number of rotatable bonds is 3. The number of hydrogen-bond donors (Lipinski definition) is 1. The van der Waals surface area contributed by atoms with Gasteiger partial charge in [-0.05, 0) is 32.0 Å². The Kier molecular flexibility index (Phi) is 3.54. The van der Waals surface area contributed by atoms with Crippen LogP contribution in [0, 0.1) is 11.6 Å². The molecule has 0 atom stereocenters. The second kappa shape index (κ2) is 5.10. The standard InChI is InChI=1S/C13H14N2OS/c1-3-16-11-7-5-4-6-10(11)13-14-9(2)8-12(17)15-13/h4-8H,3H2,1-2H3,(H,14,15,17). The molecule has 0 aliphatic carbocycles. The maximum atomic E-state index is 5.58. The lowest BCUT2D eigenvalue weighted by atomic mass is 10.2. The van der Waals surface area contributed by atoms with Crippen molar-refractivity contribution < 1.29 is 4.74 Å². The Morgan fingerprint density at radius 3 is 2.82 bits per heavy atom. The summed E-state index contributed by atoms with van der Waals surface area (Å²) in [4.78, 5) is 7.53. The molecule has 2 rings (SSSR count). The topological polar surface area (TPSA) is 37.9 Å². The number of benzene rings is 1. The van der Waals surface area contributed by atoms with Gasteiger partial charge in [0, 0.05) is 5.69 Å². The van der Waals surface area contributed by atoms with Gasteiger partial charge < -0.3 is 9.72 Å². The summed E-state index contributed by atoms with van der Waals surface area (Å²) >= 11 is 5.12. The highest BCUT2D eigenvalue weighted by atomic mass is 32.1. The van der Waals surface area contributed by atoms with Crippen molar-refractivity contribution in [2.24, 2.45) is 0 Å². The molecule has 0 amide bonds. The van der Waals surface area contributed by atoms with Gasteiger partial charge in [0.2, 0.25) is 0 Å². The molecule has 2 aromatic rings. The molecule has 0 saturated heterocycles. The predicted octanol–water partition coefficient (Wildman–Crippen LogP) is 3.51. The van der Waals surface area contributed by atoms with E-state index >= 15 is 0 Å². The fourth-order valence-electron chi connectivity index (χ4n) is 1.65. The summed E-state index contributed by atoms with van der Waals surface area (Å²) < 4.78 is 6.16. The van der Waals surface area contributed by atoms with Crippen molar-refractivity contribution in [2.45, 2.75) is 13.8 Å². The van der Waals surface area contributed by atoms with Gasteiger partial charge in [0.05, 0.1) is 12.2 Å². The Hall–Kier alpha value is -1.68. The van der Waals surface area contributed by atoms with Gasteiger partial charge in [-0.15, -0.1) is 0 Å². The third kappa shape index (κ3) is 2.71. The summed E-state index contributed by atoms with van der Waals surface area (Å²) in [7, 11) is 0. The van der Waals surface area contributed by atoms with Crippen LogP contribution < -0.4 is 4.74 Å². The largest absolute Gasteiger partial charge is 0.493 e. The molecular weight excluding hydrogens is 232 g/mol. The zero-order valence-electron chi connectivity index (χ0n) is 9.86. The highest BCUT2D eigenvalue weighted by molar-refractivity contribution is 7.71. The SMILES string of the molecule is CCOc1ccccc1-c1nc(=S)cc(C)[nH]1. The molecule has 88 valence electrons. The third-order valence-electron chi connectivity index (χ3n) is 2.32. The Morgan fingerprint density at radius 1 is 1.35 bits per heavy atom. The third-order valence-corrected chi connectivity index (χ3v) is 2.53. The fraction of sp³-hybridized carbons (Fsp3) is 0.231. The number of aryl methyl sites for hydroxylation is 1. The zero-order valence-corrected chi connectivity index (χ0v) is 10.7. The Morgan fingerprint density at radius 2 is 2.12 bits per heavy atom. The summed E-state index contributed by atoms with van der Waals surface area (Å²) in [5, 5.41) is 0. The van der Waals surface area contributed by atoms with Gasteiger partial charge >= 0.3 is 0 Å². The average molecular weight is 246 g/mol. The molecule has 1 heterocycles. The van der Waals surface area contributed by atoms with Gasteiger partial charge in [-0.25, -0.2) is 4.98 Å². The normalized spacial score (nSPS) is 10.2. The predicted molar refractivity (Wildman–Crippen MR) is 70.8 cm³/mol. The first-order valence-corrected chi connectivity index (χ1v) is 5.91. The average Bonchev–Trinajstić information content (AvgIpc) is 2.29. The van der Waals surface area contributed by atoms with Crippen molar-refractivity contribution in [1.29, 1.82) is 0 Å². The van der Waals surface area contributed by atoms with Crippen LogP contribution in [-0.2, 0) is 0 Å². The van der Waals surface area contributed by atoms with E-state index in [1.807, 2.05) is 44.2 Å². The van der Waals surface area contributed by atoms with E-state index in [0.717, 1.165) is 22.8 Å². The lowest BCUT2D eigenvalue weighted by Crippen LogP contribution is -1.97. The first-order valence-electron chi connectivity index (χ1n) is 5.51. The number of aromatic nitrogens is 2. The van der Waals surface area contributed by atoms with E-state index in [2.05, 4.69) is 9.97 Å². The molecule has 1 aromatic carbocycles. The van der Waals surface area contributed by atoms with Gasteiger partial charge in [0.25, 0.3) is 0 Å². The van der Waals surface area contributed by atoms with Gasteiger partial charge in [-0.2, -0.15) is 0 Å². The summed E-state index contributed by atoms with van der Waals surface area (Å²) in [6, 6.07) is 9.64. The zero-order chi connectivity index (χ0) is 12.3. The molecule has 0 fully saturated rings. The van der Waals surface area contributed by atoms with Crippen molar-refractivity contribution in [3.63, 3.8) is 0 Å². The molecule has 1 aromatic heterocycles. The van der Waals surface area contributed by atoms with Crippen molar-refractivity contribution >= 4 is 12.2 Å². The van der Waals surface area contributed by atoms with E-state index in [1.54, 1.807) is 0 Å². The molecule has 0 aliphatic rings. The van der Waals surface area contributed by atoms with Gasteiger partial charge in [-0.3, -0.25) is 0 Å². The van der Waals surface area contributed by atoms with Crippen molar-refractivity contribution in [1.82, 2.24) is 9.97 Å². The molecule has 3 nitrogen and oxygen atoms in total. The summed E-state index contributed by atoms with van der Waals surface area (Å²) in [6.45, 7) is 4.55. The lowest BCUT2D eigenvalue weighted by molar-refractivity contribution is 0.341. The Bertz CT molecular complexity index is 578. The summed E-state index contributed by atoms with van der Waals surface area (Å²) in [6.07, 6.45) is 0. The quantitative estimate of drug-likeness (QED) is 0.842. The van der Waals surface area contributed by atoms with Crippen LogP contribution in [-0.4, -0.2) is 16.6 Å². The molecular formula is C13H14N2OS. The van der Waals surface area contributed by atoms with Crippen LogP contribution in [0.25, 0.3) is 11.4 Å². The van der Waals surface area contributed by atoms with E-state index in [1.165, 1.54) is 0 Å². The second-order valence-corrected chi connectivity index (χ2v) is 4.10. The van der Waals surface area contributed by atoms with Crippen LogP contribution in [0.5, 0.6) is 5.75 Å². The number of nitrogens with one attached hydrogen (secondary N) is 1. The molecule has 0 saturated carbocycles. The van der Waals surface area contributed by atoms with Crippen molar-refractivity contribution in [3.05, 3.63) is 40.7 Å². The minimum atomic E-state index is 0.586. The van der Waals surface area contributed by atoms with Crippen LogP contribution in [0.2, 0.25) is 0 Å². The number of H-pyrrole nitrogens is 1. The smallest absolute Gasteiger partial charge is 0.142 e. The Labute approximate surface area is 105 Å². The molecule has 0 aliphatic heterocycles. The fourth-order valence-corrected chi connectivity index (χ4v) is 1.92. The van der Waals surface area contributed by atoms with E-state index in [9.17, 15) is 0 Å². The number of para-hydroxylation sites is 1. The van der Waals surface area contributed by atoms with Crippen LogP contribution in [0.4, 0.5) is 0 Å². The Balaban J connectivity index is 2.55. The number of aromatic amines is 1. The van der Waals surface area contributed by atoms with E-state index in [0.29, 0.717) is 11.2 Å². The van der Waals surface area contributed by atoms with Crippen LogP contribution in [0.3, 0.4) is 0 Å². The maximum absolute atomic E-state index is 5.58. The van der Waals surface area contributed by atoms with Gasteiger partial charge in [-0.1, -0.05) is 24.4 Å². The van der Waals surface area contributed by atoms with E-state index < -0.39 is 0 Å². The minimum absolute atomic E-state index is 0.586. The van der Waals surface area contributed by atoms with Crippen molar-refractivity contribution in [2.75, 3.05) is 6.61 Å². The lowest BCUT2D eigenvalue weighted by Gasteiger charge is -2.09. The molecule has 0 unspecified atom stereocenters. The van der Waals surface area contributed by atoms with Crippen molar-refractivity contribution in [3.8, 4) is 17.1 Å². The molecule has 1 N–H and O–H groups in total. The molecule has 4 heteroatoms. The molecule has 0 spiro atoms. The highest BCUT2D eigenvalue weighted by Gasteiger charge is 2.07. The minimum Gasteiger partial charge on any atom is -0.493 e. The molecule has 17 heavy (non-hydrogen) atoms. The van der Waals surface area contributed by atoms with E-state index in [4.69, 9.17) is 17.0 Å². The van der Waals surface area contributed by atoms with Crippen LogP contribution in [0.1, 0.15) is 12.6 Å².